The molecule has 1 aromatic carbocycles. The Morgan fingerprint density at radius 3 is 2.64 bits per heavy atom. The molecule has 1 amide bonds. The van der Waals surface area contributed by atoms with Crippen molar-refractivity contribution in [3.8, 4) is 0 Å². The van der Waals surface area contributed by atoms with Gasteiger partial charge < -0.3 is 10.0 Å². The van der Waals surface area contributed by atoms with E-state index in [-0.39, 0.29) is 36.8 Å². The molecule has 2 aromatic rings. The van der Waals surface area contributed by atoms with Gasteiger partial charge in [0, 0.05) is 12.0 Å². The molecule has 1 saturated carbocycles. The lowest BCUT2D eigenvalue weighted by Gasteiger charge is -2.25. The first-order chi connectivity index (χ1) is 12.0. The number of aliphatic hydroxyl groups excluding tert-OH is 1. The highest BCUT2D eigenvalue weighted by Crippen LogP contribution is 2.29. The Balaban J connectivity index is 1.69. The molecule has 25 heavy (non-hydrogen) atoms. The Labute approximate surface area is 145 Å². The van der Waals surface area contributed by atoms with E-state index in [0.29, 0.717) is 11.4 Å². The van der Waals surface area contributed by atoms with E-state index in [2.05, 4.69) is 15.5 Å². The summed E-state index contributed by atoms with van der Waals surface area (Å²) in [5.74, 6) is 0.286. The lowest BCUT2D eigenvalue weighted by Crippen LogP contribution is -2.39. The first kappa shape index (κ1) is 17.5. The minimum absolute atomic E-state index is 0.0488. The number of tetrazole rings is 1. The molecule has 1 aliphatic carbocycles. The molecular formula is C17H22FN5O2. The van der Waals surface area contributed by atoms with Crippen LogP contribution < -0.4 is 0 Å². The molecule has 1 aliphatic rings. The Morgan fingerprint density at radius 2 is 2.04 bits per heavy atom. The van der Waals surface area contributed by atoms with Crippen LogP contribution in [-0.2, 0) is 11.3 Å². The Morgan fingerprint density at radius 1 is 1.36 bits per heavy atom. The fraction of sp³-hybridized carbons (Fsp3) is 0.529. The van der Waals surface area contributed by atoms with Crippen molar-refractivity contribution in [1.82, 2.24) is 25.1 Å². The van der Waals surface area contributed by atoms with Gasteiger partial charge in [0.05, 0.1) is 12.6 Å². The monoisotopic (exact) mass is 347 g/mol. The zero-order valence-corrected chi connectivity index (χ0v) is 14.3. The molecule has 0 radical (unpaired) electrons. The lowest BCUT2D eigenvalue weighted by molar-refractivity contribution is -0.134. The van der Waals surface area contributed by atoms with Crippen LogP contribution in [0.2, 0.25) is 0 Å². The van der Waals surface area contributed by atoms with Crippen LogP contribution in [0.1, 0.15) is 50.1 Å². The summed E-state index contributed by atoms with van der Waals surface area (Å²) in [5.41, 5.74) is 0.588. The third kappa shape index (κ3) is 4.19. The number of aliphatic hydroxyl groups is 1. The molecule has 8 heteroatoms. The second kappa shape index (κ2) is 7.26. The first-order valence-electron chi connectivity index (χ1n) is 8.44. The highest BCUT2D eigenvalue weighted by Gasteiger charge is 2.34. The summed E-state index contributed by atoms with van der Waals surface area (Å²) in [6.07, 6.45) is 0.992. The molecule has 1 aromatic heterocycles. The molecule has 3 rings (SSSR count). The average Bonchev–Trinajstić information content (AvgIpc) is 3.31. The van der Waals surface area contributed by atoms with Crippen LogP contribution in [0.25, 0.3) is 0 Å². The number of hydrogen-bond acceptors (Lipinski definition) is 5. The fourth-order valence-electron chi connectivity index (χ4n) is 2.77. The zero-order valence-electron chi connectivity index (χ0n) is 14.3. The Kier molecular flexibility index (Phi) is 5.08. The van der Waals surface area contributed by atoms with E-state index >= 15 is 0 Å². The van der Waals surface area contributed by atoms with Crippen LogP contribution in [0.3, 0.4) is 0 Å². The molecular weight excluding hydrogens is 325 g/mol. The van der Waals surface area contributed by atoms with Gasteiger partial charge in [-0.1, -0.05) is 26.0 Å². The van der Waals surface area contributed by atoms with E-state index in [1.807, 2.05) is 13.8 Å². The van der Waals surface area contributed by atoms with Crippen molar-refractivity contribution >= 4 is 5.91 Å². The van der Waals surface area contributed by atoms with Crippen molar-refractivity contribution in [3.63, 3.8) is 0 Å². The first-order valence-corrected chi connectivity index (χ1v) is 8.44. The molecule has 7 nitrogen and oxygen atoms in total. The molecule has 1 unspecified atom stereocenters. The molecule has 0 spiro atoms. The van der Waals surface area contributed by atoms with Crippen molar-refractivity contribution < 1.29 is 14.3 Å². The summed E-state index contributed by atoms with van der Waals surface area (Å²) in [5, 5.41) is 21.9. The van der Waals surface area contributed by atoms with Gasteiger partial charge in [0.2, 0.25) is 5.91 Å². The molecule has 134 valence electrons. The van der Waals surface area contributed by atoms with E-state index in [1.165, 1.54) is 28.9 Å². The normalized spacial score (nSPS) is 15.4. The number of halogens is 1. The van der Waals surface area contributed by atoms with E-state index < -0.39 is 6.10 Å². The van der Waals surface area contributed by atoms with Crippen molar-refractivity contribution in [3.05, 3.63) is 41.5 Å². The molecule has 1 heterocycles. The van der Waals surface area contributed by atoms with Gasteiger partial charge in [-0.2, -0.15) is 0 Å². The van der Waals surface area contributed by atoms with Crippen molar-refractivity contribution in [2.45, 2.75) is 51.3 Å². The predicted molar refractivity (Wildman–Crippen MR) is 88.0 cm³/mol. The van der Waals surface area contributed by atoms with Crippen LogP contribution in [0.5, 0.6) is 0 Å². The van der Waals surface area contributed by atoms with Gasteiger partial charge >= 0.3 is 0 Å². The Hall–Kier alpha value is -2.35. The van der Waals surface area contributed by atoms with Crippen LogP contribution >= 0.6 is 0 Å². The van der Waals surface area contributed by atoms with E-state index in [4.69, 9.17) is 0 Å². The van der Waals surface area contributed by atoms with E-state index in [0.717, 1.165) is 12.8 Å². The van der Waals surface area contributed by atoms with Crippen LogP contribution in [0.15, 0.2) is 24.3 Å². The topological polar surface area (TPSA) is 84.1 Å². The Bertz CT molecular complexity index is 727. The van der Waals surface area contributed by atoms with Gasteiger partial charge in [-0.05, 0) is 41.0 Å². The largest absolute Gasteiger partial charge is 0.387 e. The van der Waals surface area contributed by atoms with Crippen molar-refractivity contribution in [2.75, 3.05) is 6.54 Å². The molecule has 0 bridgehead atoms. The standard InChI is InChI=1S/C17H22FN5O2/c1-11(2)17-19-20-21-23(17)10-16(25)22(14-7-8-14)9-15(24)12-3-5-13(18)6-4-12/h3-6,11,14-15,24H,7-10H2,1-2H3. The minimum Gasteiger partial charge on any atom is -0.387 e. The summed E-state index contributed by atoms with van der Waals surface area (Å²) >= 11 is 0. The molecule has 1 N–H and O–H groups in total. The zero-order chi connectivity index (χ0) is 18.0. The number of rotatable bonds is 7. The minimum atomic E-state index is -0.858. The molecule has 1 atom stereocenters. The van der Waals surface area contributed by atoms with Crippen molar-refractivity contribution in [2.24, 2.45) is 0 Å². The number of aromatic nitrogens is 4. The third-order valence-corrected chi connectivity index (χ3v) is 4.29. The summed E-state index contributed by atoms with van der Waals surface area (Å²) in [4.78, 5) is 14.4. The number of benzene rings is 1. The second-order valence-electron chi connectivity index (χ2n) is 6.69. The van der Waals surface area contributed by atoms with Crippen LogP contribution in [0, 0.1) is 5.82 Å². The number of carbonyl (C=O) groups is 1. The number of carbonyl (C=O) groups excluding carboxylic acids is 1. The highest BCUT2D eigenvalue weighted by molar-refractivity contribution is 5.76. The van der Waals surface area contributed by atoms with Crippen molar-refractivity contribution in [1.29, 1.82) is 0 Å². The smallest absolute Gasteiger partial charge is 0.244 e. The summed E-state index contributed by atoms with van der Waals surface area (Å²) in [6.45, 7) is 4.15. The van der Waals surface area contributed by atoms with E-state index in [1.54, 1.807) is 4.90 Å². The number of amides is 1. The maximum atomic E-state index is 13.0. The highest BCUT2D eigenvalue weighted by atomic mass is 19.1. The number of hydrogen-bond donors (Lipinski definition) is 1. The molecule has 1 fully saturated rings. The summed E-state index contributed by atoms with van der Waals surface area (Å²) in [7, 11) is 0. The van der Waals surface area contributed by atoms with Gasteiger partial charge in [0.15, 0.2) is 5.82 Å². The van der Waals surface area contributed by atoms with Gasteiger partial charge in [0.25, 0.3) is 0 Å². The average molecular weight is 347 g/mol. The summed E-state index contributed by atoms with van der Waals surface area (Å²) in [6, 6.07) is 5.82. The van der Waals surface area contributed by atoms with Gasteiger partial charge in [-0.15, -0.1) is 5.10 Å². The van der Waals surface area contributed by atoms with Crippen LogP contribution in [0.4, 0.5) is 4.39 Å². The molecule has 0 aliphatic heterocycles. The quantitative estimate of drug-likeness (QED) is 0.823. The lowest BCUT2D eigenvalue weighted by atomic mass is 10.1. The number of nitrogens with zero attached hydrogens (tertiary/aromatic N) is 5. The van der Waals surface area contributed by atoms with E-state index in [9.17, 15) is 14.3 Å². The maximum Gasteiger partial charge on any atom is 0.244 e. The second-order valence-corrected chi connectivity index (χ2v) is 6.69. The molecule has 0 saturated heterocycles. The predicted octanol–water partition coefficient (Wildman–Crippen LogP) is 1.66. The maximum absolute atomic E-state index is 13.0. The van der Waals surface area contributed by atoms with Gasteiger partial charge in [-0.3, -0.25) is 4.79 Å². The van der Waals surface area contributed by atoms with Crippen LogP contribution in [-0.4, -0.2) is 48.7 Å². The third-order valence-electron chi connectivity index (χ3n) is 4.29. The van der Waals surface area contributed by atoms with Gasteiger partial charge in [0.1, 0.15) is 12.4 Å². The fourth-order valence-corrected chi connectivity index (χ4v) is 2.77. The SMILES string of the molecule is CC(C)c1nnnn1CC(=O)N(CC(O)c1ccc(F)cc1)C1CC1. The summed E-state index contributed by atoms with van der Waals surface area (Å²) < 4.78 is 14.5. The van der Waals surface area contributed by atoms with Gasteiger partial charge in [-0.25, -0.2) is 9.07 Å².